The van der Waals surface area contributed by atoms with Crippen molar-refractivity contribution in [3.05, 3.63) is 35.9 Å². The van der Waals surface area contributed by atoms with Crippen molar-refractivity contribution in [1.29, 1.82) is 0 Å². The maximum atomic E-state index is 6.92. The van der Waals surface area contributed by atoms with Crippen molar-refractivity contribution in [2.45, 2.75) is 89.5 Å². The summed E-state index contributed by atoms with van der Waals surface area (Å²) in [5.74, 6) is 0. The average Bonchev–Trinajstić information content (AvgIpc) is 2.60. The van der Waals surface area contributed by atoms with Crippen LogP contribution in [0, 0.1) is 0 Å². The van der Waals surface area contributed by atoms with E-state index < -0.39 is 18.4 Å². The van der Waals surface area contributed by atoms with Crippen LogP contribution >= 0.6 is 0 Å². The molecule has 1 aromatic carbocycles. The first-order valence-corrected chi connectivity index (χ1v) is 17.7. The van der Waals surface area contributed by atoms with Gasteiger partial charge in [-0.1, -0.05) is 0 Å². The first-order chi connectivity index (χ1) is 11.2. The molecular formula is C21H39NSn. The van der Waals surface area contributed by atoms with E-state index in [0.29, 0.717) is 4.06 Å². The van der Waals surface area contributed by atoms with Gasteiger partial charge in [0.25, 0.3) is 0 Å². The van der Waals surface area contributed by atoms with Crippen LogP contribution in [0.25, 0.3) is 0 Å². The minimum atomic E-state index is -2.21. The molecular weight excluding hydrogens is 385 g/mol. The van der Waals surface area contributed by atoms with Crippen LogP contribution in [0.1, 0.15) is 71.3 Å². The van der Waals surface area contributed by atoms with Gasteiger partial charge in [-0.2, -0.15) is 0 Å². The zero-order valence-electron chi connectivity index (χ0n) is 15.8. The molecule has 0 fully saturated rings. The van der Waals surface area contributed by atoms with E-state index in [-0.39, 0.29) is 0 Å². The molecule has 0 aliphatic carbocycles. The van der Waals surface area contributed by atoms with Gasteiger partial charge < -0.3 is 0 Å². The number of unbranched alkanes of at least 4 members (excludes halogenated alkanes) is 3. The number of nitrogens with two attached hydrogens (primary N) is 1. The second-order valence-electron chi connectivity index (χ2n) is 7.30. The molecule has 1 atom stereocenters. The van der Waals surface area contributed by atoms with E-state index >= 15 is 0 Å². The Bertz CT molecular complexity index is 368. The standard InChI is InChI=1S/C9H12N.3C4H9.Sn/c10-8-4-7-9-5-2-1-3-6-9;3*1-3-4-2;/h1-3,5-6,8H,4,7,10H2;3*1,3-4H2,2H3;. The molecule has 0 saturated carbocycles. The van der Waals surface area contributed by atoms with Crippen LogP contribution in [0.5, 0.6) is 0 Å². The Morgan fingerprint density at radius 3 is 1.74 bits per heavy atom. The summed E-state index contributed by atoms with van der Waals surface area (Å²) in [5, 5.41) is 0. The molecule has 23 heavy (non-hydrogen) atoms. The van der Waals surface area contributed by atoms with E-state index in [1.54, 1.807) is 0 Å². The topological polar surface area (TPSA) is 26.0 Å². The van der Waals surface area contributed by atoms with E-state index in [0.717, 1.165) is 0 Å². The number of benzene rings is 1. The molecule has 0 amide bonds. The zero-order valence-corrected chi connectivity index (χ0v) is 18.7. The fraction of sp³-hybridized carbons (Fsp3) is 0.714. The molecule has 1 aromatic rings. The summed E-state index contributed by atoms with van der Waals surface area (Å²) in [7, 11) is 0. The van der Waals surface area contributed by atoms with Crippen molar-refractivity contribution in [2.75, 3.05) is 0 Å². The van der Waals surface area contributed by atoms with Crippen molar-refractivity contribution in [1.82, 2.24) is 0 Å². The van der Waals surface area contributed by atoms with E-state index in [1.807, 2.05) is 0 Å². The van der Waals surface area contributed by atoms with Gasteiger partial charge in [-0.05, 0) is 0 Å². The van der Waals surface area contributed by atoms with Gasteiger partial charge in [-0.3, -0.25) is 0 Å². The van der Waals surface area contributed by atoms with E-state index in [9.17, 15) is 0 Å². The third-order valence-electron chi connectivity index (χ3n) is 5.46. The molecule has 0 aliphatic heterocycles. The van der Waals surface area contributed by atoms with Gasteiger partial charge in [0.05, 0.1) is 0 Å². The third-order valence-corrected chi connectivity index (χ3v) is 22.3. The fourth-order valence-electron chi connectivity index (χ4n) is 3.79. The summed E-state index contributed by atoms with van der Waals surface area (Å²) in [6.07, 6.45) is 10.7. The number of hydrogen-bond donors (Lipinski definition) is 1. The van der Waals surface area contributed by atoms with Crippen molar-refractivity contribution in [3.63, 3.8) is 0 Å². The first-order valence-electron chi connectivity index (χ1n) is 9.98. The predicted molar refractivity (Wildman–Crippen MR) is 108 cm³/mol. The summed E-state index contributed by atoms with van der Waals surface area (Å²) in [6.45, 7) is 7.02. The van der Waals surface area contributed by atoms with Crippen molar-refractivity contribution in [3.8, 4) is 0 Å². The third kappa shape index (κ3) is 7.60. The van der Waals surface area contributed by atoms with Crippen LogP contribution < -0.4 is 5.73 Å². The molecule has 0 unspecified atom stereocenters. The van der Waals surface area contributed by atoms with Gasteiger partial charge in [0, 0.05) is 0 Å². The van der Waals surface area contributed by atoms with Crippen LogP contribution in [0.2, 0.25) is 13.3 Å². The summed E-state index contributed by atoms with van der Waals surface area (Å²) < 4.78 is 5.14. The Morgan fingerprint density at radius 1 is 0.826 bits per heavy atom. The van der Waals surface area contributed by atoms with Crippen LogP contribution in [-0.4, -0.2) is 22.4 Å². The van der Waals surface area contributed by atoms with Gasteiger partial charge in [0.1, 0.15) is 0 Å². The van der Waals surface area contributed by atoms with Crippen molar-refractivity contribution in [2.24, 2.45) is 5.73 Å². The summed E-state index contributed by atoms with van der Waals surface area (Å²) in [5.41, 5.74) is 8.38. The van der Waals surface area contributed by atoms with Gasteiger partial charge in [-0.15, -0.1) is 0 Å². The van der Waals surface area contributed by atoms with Gasteiger partial charge >= 0.3 is 150 Å². The van der Waals surface area contributed by atoms with Gasteiger partial charge in [0.15, 0.2) is 0 Å². The molecule has 0 aromatic heterocycles. The number of rotatable bonds is 13. The molecule has 132 valence electrons. The Labute approximate surface area is 149 Å². The molecule has 0 radical (unpaired) electrons. The summed E-state index contributed by atoms with van der Waals surface area (Å²) >= 11 is -2.21. The van der Waals surface area contributed by atoms with Gasteiger partial charge in [0.2, 0.25) is 0 Å². The second kappa shape index (κ2) is 12.4. The SMILES string of the molecule is CCC[CH2][Sn]([CH2]CCC)([CH2]CCC)[C@@H](N)CCc1ccccc1. The summed E-state index contributed by atoms with van der Waals surface area (Å²) in [4.78, 5) is 0. The molecule has 0 saturated heterocycles. The average molecular weight is 424 g/mol. The predicted octanol–water partition coefficient (Wildman–Crippen LogP) is 6.33. The molecule has 0 aliphatic rings. The minimum absolute atomic E-state index is 0.550. The van der Waals surface area contributed by atoms with Crippen molar-refractivity contribution < 1.29 is 0 Å². The second-order valence-corrected chi connectivity index (χ2v) is 21.5. The molecule has 0 spiro atoms. The first kappa shape index (κ1) is 21.0. The van der Waals surface area contributed by atoms with E-state index in [4.69, 9.17) is 5.73 Å². The van der Waals surface area contributed by atoms with Crippen LogP contribution in [0.4, 0.5) is 0 Å². The number of hydrogen-bond acceptors (Lipinski definition) is 1. The quantitative estimate of drug-likeness (QED) is 0.368. The molecule has 1 nitrogen and oxygen atoms in total. The van der Waals surface area contributed by atoms with Gasteiger partial charge in [-0.25, -0.2) is 0 Å². The monoisotopic (exact) mass is 425 g/mol. The van der Waals surface area contributed by atoms with E-state index in [1.165, 1.54) is 70.2 Å². The Kier molecular flexibility index (Phi) is 11.3. The van der Waals surface area contributed by atoms with Crippen LogP contribution in [0.3, 0.4) is 0 Å². The fourth-order valence-corrected chi connectivity index (χ4v) is 20.3. The molecule has 0 heterocycles. The summed E-state index contributed by atoms with van der Waals surface area (Å²) in [6, 6.07) is 10.9. The normalized spacial score (nSPS) is 13.2. The zero-order chi connectivity index (χ0) is 17.0. The molecule has 2 N–H and O–H groups in total. The number of aryl methyl sites for hydroxylation is 1. The Hall–Kier alpha value is -0.0213. The Balaban J connectivity index is 2.75. The van der Waals surface area contributed by atoms with Crippen LogP contribution in [0.15, 0.2) is 30.3 Å². The maximum absolute atomic E-state index is 6.92. The molecule has 2 heteroatoms. The molecule has 1 rings (SSSR count). The molecule has 0 bridgehead atoms. The van der Waals surface area contributed by atoms with Crippen molar-refractivity contribution >= 4 is 18.4 Å². The van der Waals surface area contributed by atoms with Crippen LogP contribution in [-0.2, 0) is 6.42 Å². The van der Waals surface area contributed by atoms with E-state index in [2.05, 4.69) is 51.1 Å². The Morgan fingerprint density at radius 2 is 1.30 bits per heavy atom.